The first-order chi connectivity index (χ1) is 17.4. The summed E-state index contributed by atoms with van der Waals surface area (Å²) in [6, 6.07) is 12.9. The summed E-state index contributed by atoms with van der Waals surface area (Å²) in [5.74, 6) is 0.226. The first-order valence-corrected chi connectivity index (χ1v) is 11.9. The maximum Gasteiger partial charge on any atom is 0.467 e. The average molecular weight is 513 g/mol. The van der Waals surface area contributed by atoms with Crippen LogP contribution in [0.3, 0.4) is 0 Å². The molecule has 0 N–H and O–H groups in total. The summed E-state index contributed by atoms with van der Waals surface area (Å²) in [6.45, 7) is 0. The molecule has 0 saturated carbocycles. The predicted molar refractivity (Wildman–Crippen MR) is 134 cm³/mol. The molecule has 0 spiro atoms. The lowest BCUT2D eigenvalue weighted by Crippen LogP contribution is -2.16. The fourth-order valence-electron chi connectivity index (χ4n) is 3.68. The molecule has 0 fully saturated rings. The minimum absolute atomic E-state index is 0.0203. The first-order valence-electron chi connectivity index (χ1n) is 10.6. The van der Waals surface area contributed by atoms with E-state index in [2.05, 4.69) is 0 Å². The minimum Gasteiger partial charge on any atom is -0.496 e. The molecular weight excluding hydrogens is 487 g/mol. The highest BCUT2D eigenvalue weighted by Gasteiger charge is 2.45. The van der Waals surface area contributed by atoms with Crippen molar-refractivity contribution in [2.75, 3.05) is 42.7 Å². The fourth-order valence-corrected chi connectivity index (χ4v) is 5.04. The maximum absolute atomic E-state index is 13.8. The van der Waals surface area contributed by atoms with Crippen LogP contribution in [-0.4, -0.2) is 54.0 Å². The number of methoxy groups -OCH3 is 6. The Morgan fingerprint density at radius 3 is 1.69 bits per heavy atom. The zero-order chi connectivity index (χ0) is 26.4. The van der Waals surface area contributed by atoms with Gasteiger partial charge in [0.1, 0.15) is 17.2 Å². The topological polar surface area (TPSA) is 107 Å². The SMILES string of the molecule is COc1cc(OC)c(C(=O)[P+](=O)c2c(OC)cc(C(=O)c3ccccc3)c(OC)c2OC)c(OC)c1. The number of benzene rings is 3. The highest BCUT2D eigenvalue weighted by atomic mass is 31.1. The van der Waals surface area contributed by atoms with Crippen molar-refractivity contribution in [2.24, 2.45) is 0 Å². The molecule has 3 aromatic carbocycles. The highest BCUT2D eigenvalue weighted by molar-refractivity contribution is 7.72. The number of rotatable bonds is 11. The summed E-state index contributed by atoms with van der Waals surface area (Å²) in [7, 11) is 5.33. The lowest BCUT2D eigenvalue weighted by molar-refractivity contribution is 0.103. The second-order valence-electron chi connectivity index (χ2n) is 7.24. The van der Waals surface area contributed by atoms with Gasteiger partial charge in [-0.1, -0.05) is 34.9 Å². The van der Waals surface area contributed by atoms with Gasteiger partial charge in [0.05, 0.1) is 48.2 Å². The van der Waals surface area contributed by atoms with E-state index in [-0.39, 0.29) is 51.0 Å². The van der Waals surface area contributed by atoms with Crippen molar-refractivity contribution >= 4 is 24.4 Å². The summed E-state index contributed by atoms with van der Waals surface area (Å²) < 4.78 is 46.2. The van der Waals surface area contributed by atoms with Crippen LogP contribution in [0, 0.1) is 0 Å². The van der Waals surface area contributed by atoms with Gasteiger partial charge in [0.15, 0.2) is 22.8 Å². The van der Waals surface area contributed by atoms with Crippen molar-refractivity contribution in [1.82, 2.24) is 0 Å². The van der Waals surface area contributed by atoms with Crippen molar-refractivity contribution in [2.45, 2.75) is 0 Å². The van der Waals surface area contributed by atoms with Crippen molar-refractivity contribution < 1.29 is 42.6 Å². The summed E-state index contributed by atoms with van der Waals surface area (Å²) in [5.41, 5.74) is -0.325. The maximum atomic E-state index is 13.8. The molecule has 0 aromatic heterocycles. The Labute approximate surface area is 209 Å². The average Bonchev–Trinajstić information content (AvgIpc) is 2.94. The van der Waals surface area contributed by atoms with Gasteiger partial charge in [0.2, 0.25) is 5.75 Å². The second kappa shape index (κ2) is 11.6. The quantitative estimate of drug-likeness (QED) is 0.275. The lowest BCUT2D eigenvalue weighted by atomic mass is 10.0. The van der Waals surface area contributed by atoms with Gasteiger partial charge in [-0.25, -0.2) is 4.79 Å². The second-order valence-corrected chi connectivity index (χ2v) is 8.69. The van der Waals surface area contributed by atoms with Gasteiger partial charge in [-0.15, -0.1) is 0 Å². The normalized spacial score (nSPS) is 10.8. The molecule has 1 atom stereocenters. The Hall–Kier alpha value is -4.10. The largest absolute Gasteiger partial charge is 0.496 e. The lowest BCUT2D eigenvalue weighted by Gasteiger charge is -2.15. The molecular formula is C26H26O9P+. The van der Waals surface area contributed by atoms with Crippen LogP contribution in [0.1, 0.15) is 26.3 Å². The summed E-state index contributed by atoms with van der Waals surface area (Å²) >= 11 is 0. The zero-order valence-electron chi connectivity index (χ0n) is 20.7. The number of ether oxygens (including phenoxy) is 6. The number of carbonyl (C=O) groups is 2. The van der Waals surface area contributed by atoms with Crippen molar-refractivity contribution in [1.29, 1.82) is 0 Å². The number of hydrogen-bond donors (Lipinski definition) is 0. The highest BCUT2D eigenvalue weighted by Crippen LogP contribution is 2.46. The monoisotopic (exact) mass is 513 g/mol. The van der Waals surface area contributed by atoms with E-state index in [1.165, 1.54) is 60.9 Å². The van der Waals surface area contributed by atoms with Crippen LogP contribution in [0.2, 0.25) is 0 Å². The first kappa shape index (κ1) is 26.5. The van der Waals surface area contributed by atoms with E-state index in [9.17, 15) is 14.2 Å². The minimum atomic E-state index is -2.86. The Balaban J connectivity index is 2.23. The van der Waals surface area contributed by atoms with Gasteiger partial charge < -0.3 is 28.4 Å². The van der Waals surface area contributed by atoms with Crippen molar-refractivity contribution in [3.63, 3.8) is 0 Å². The third-order valence-electron chi connectivity index (χ3n) is 5.40. The smallest absolute Gasteiger partial charge is 0.467 e. The molecule has 0 bridgehead atoms. The van der Waals surface area contributed by atoms with Crippen LogP contribution in [-0.2, 0) is 4.57 Å². The molecule has 1 unspecified atom stereocenters. The molecule has 0 heterocycles. The van der Waals surface area contributed by atoms with Gasteiger partial charge in [-0.3, -0.25) is 4.79 Å². The van der Waals surface area contributed by atoms with Crippen LogP contribution in [0.15, 0.2) is 48.5 Å². The Morgan fingerprint density at radius 2 is 1.22 bits per heavy atom. The molecule has 3 aromatic rings. The van der Waals surface area contributed by atoms with E-state index < -0.39 is 13.3 Å². The summed E-state index contributed by atoms with van der Waals surface area (Å²) in [5, 5.41) is -0.0682. The molecule has 0 radical (unpaired) electrons. The summed E-state index contributed by atoms with van der Waals surface area (Å²) in [4.78, 5) is 26.8. The van der Waals surface area contributed by atoms with Gasteiger partial charge in [-0.05, 0) is 0 Å². The van der Waals surface area contributed by atoms with E-state index in [1.54, 1.807) is 30.3 Å². The van der Waals surface area contributed by atoms with E-state index >= 15 is 0 Å². The van der Waals surface area contributed by atoms with Crippen LogP contribution in [0.25, 0.3) is 0 Å². The van der Waals surface area contributed by atoms with Gasteiger partial charge in [0.25, 0.3) is 5.30 Å². The zero-order valence-corrected chi connectivity index (χ0v) is 21.6. The Morgan fingerprint density at radius 1 is 0.667 bits per heavy atom. The van der Waals surface area contributed by atoms with E-state index in [4.69, 9.17) is 28.4 Å². The van der Waals surface area contributed by atoms with Crippen LogP contribution < -0.4 is 33.7 Å². The van der Waals surface area contributed by atoms with Crippen molar-refractivity contribution in [3.8, 4) is 34.5 Å². The van der Waals surface area contributed by atoms with Crippen LogP contribution >= 0.6 is 7.80 Å². The molecule has 3 rings (SSSR count). The Kier molecular flexibility index (Phi) is 8.51. The fraction of sp³-hybridized carbons (Fsp3) is 0.231. The van der Waals surface area contributed by atoms with Crippen molar-refractivity contribution in [3.05, 3.63) is 65.2 Å². The molecule has 0 aliphatic heterocycles. The van der Waals surface area contributed by atoms with E-state index in [0.29, 0.717) is 11.3 Å². The molecule has 9 nitrogen and oxygen atoms in total. The molecule has 188 valence electrons. The Bertz CT molecular complexity index is 1280. The number of carbonyl (C=O) groups excluding carboxylic acids is 2. The van der Waals surface area contributed by atoms with Gasteiger partial charge in [-0.2, -0.15) is 0 Å². The van der Waals surface area contributed by atoms with Crippen LogP contribution in [0.4, 0.5) is 0 Å². The van der Waals surface area contributed by atoms with E-state index in [1.807, 2.05) is 0 Å². The van der Waals surface area contributed by atoms with Crippen LogP contribution in [0.5, 0.6) is 34.5 Å². The molecule has 0 aliphatic rings. The molecule has 0 aliphatic carbocycles. The molecule has 36 heavy (non-hydrogen) atoms. The third kappa shape index (κ3) is 4.83. The summed E-state index contributed by atoms with van der Waals surface area (Å²) in [6.07, 6.45) is 0. The van der Waals surface area contributed by atoms with Gasteiger partial charge in [0, 0.05) is 23.8 Å². The number of hydrogen-bond acceptors (Lipinski definition) is 9. The molecule has 0 amide bonds. The third-order valence-corrected chi connectivity index (χ3v) is 6.82. The van der Waals surface area contributed by atoms with Gasteiger partial charge >= 0.3 is 13.3 Å². The molecule has 10 heteroatoms. The predicted octanol–water partition coefficient (Wildman–Crippen LogP) is 4.26. The molecule has 0 saturated heterocycles. The number of ketones is 1. The standard InChI is InChI=1S/C26H26O9P/c1-30-16-12-18(31-2)21(19(13-16)32-3)26(28)36(29)25-20(33-4)14-17(23(34-5)24(25)35-6)22(27)15-10-8-7-9-11-15/h7-14H,1-6H3/q+1. The van der Waals surface area contributed by atoms with E-state index in [0.717, 1.165) is 0 Å².